The number of carbonyl (C=O) groups is 1. The molecule has 1 aromatic heterocycles. The SMILES string of the molecule is O=C(Cc1ccc2c(c1)OCCCO2)N1CCC([C@@H]2C[C@H](C(F)F)n3ncnc3N2)CC1. The lowest BCUT2D eigenvalue weighted by Crippen LogP contribution is -2.46. The quantitative estimate of drug-likeness (QED) is 0.776. The molecule has 0 aliphatic carbocycles. The number of piperidine rings is 1. The van der Waals surface area contributed by atoms with Gasteiger partial charge in [0, 0.05) is 25.6 Å². The third-order valence-electron chi connectivity index (χ3n) is 6.62. The molecular formula is C22H27F2N5O3. The van der Waals surface area contributed by atoms with Crippen LogP contribution in [0.3, 0.4) is 0 Å². The van der Waals surface area contributed by atoms with Crippen LogP contribution in [0.25, 0.3) is 0 Å². The van der Waals surface area contributed by atoms with Crippen molar-refractivity contribution in [1.82, 2.24) is 19.7 Å². The van der Waals surface area contributed by atoms with Crippen molar-refractivity contribution in [3.05, 3.63) is 30.1 Å². The molecule has 1 aromatic carbocycles. The summed E-state index contributed by atoms with van der Waals surface area (Å²) in [6.45, 7) is 2.49. The molecule has 0 saturated carbocycles. The Morgan fingerprint density at radius 2 is 1.97 bits per heavy atom. The summed E-state index contributed by atoms with van der Waals surface area (Å²) in [6.07, 6.45) is 1.81. The molecule has 0 spiro atoms. The molecule has 3 aliphatic heterocycles. The highest BCUT2D eigenvalue weighted by Gasteiger charge is 2.38. The van der Waals surface area contributed by atoms with E-state index < -0.39 is 12.5 Å². The number of rotatable bonds is 4. The second-order valence-electron chi connectivity index (χ2n) is 8.64. The molecule has 1 saturated heterocycles. The summed E-state index contributed by atoms with van der Waals surface area (Å²) in [4.78, 5) is 18.8. The highest BCUT2D eigenvalue weighted by atomic mass is 19.3. The molecule has 2 atom stereocenters. The van der Waals surface area contributed by atoms with Crippen LogP contribution in [-0.4, -0.2) is 64.3 Å². The maximum atomic E-state index is 13.5. The monoisotopic (exact) mass is 447 g/mol. The second-order valence-corrected chi connectivity index (χ2v) is 8.64. The highest BCUT2D eigenvalue weighted by molar-refractivity contribution is 5.79. The van der Waals surface area contributed by atoms with Gasteiger partial charge >= 0.3 is 0 Å². The van der Waals surface area contributed by atoms with Crippen molar-refractivity contribution in [2.75, 3.05) is 31.6 Å². The Balaban J connectivity index is 1.17. The number of aromatic nitrogens is 3. The van der Waals surface area contributed by atoms with Gasteiger partial charge in [-0.2, -0.15) is 10.1 Å². The minimum Gasteiger partial charge on any atom is -0.490 e. The van der Waals surface area contributed by atoms with Gasteiger partial charge in [0.1, 0.15) is 12.4 Å². The minimum atomic E-state index is -2.49. The first-order chi connectivity index (χ1) is 15.6. The molecule has 0 bridgehead atoms. The third kappa shape index (κ3) is 4.22. The number of likely N-dealkylation sites (tertiary alicyclic amines) is 1. The molecule has 32 heavy (non-hydrogen) atoms. The minimum absolute atomic E-state index is 0.0692. The number of hydrogen-bond acceptors (Lipinski definition) is 6. The van der Waals surface area contributed by atoms with Crippen LogP contribution in [0.4, 0.5) is 14.7 Å². The molecule has 10 heteroatoms. The highest BCUT2D eigenvalue weighted by Crippen LogP contribution is 2.36. The number of anilines is 1. The third-order valence-corrected chi connectivity index (χ3v) is 6.62. The van der Waals surface area contributed by atoms with Crippen LogP contribution in [0.5, 0.6) is 11.5 Å². The maximum Gasteiger partial charge on any atom is 0.260 e. The first kappa shape index (κ1) is 21.0. The van der Waals surface area contributed by atoms with Crippen molar-refractivity contribution in [3.8, 4) is 11.5 Å². The summed E-state index contributed by atoms with van der Waals surface area (Å²) in [5.41, 5.74) is 0.898. The van der Waals surface area contributed by atoms with Gasteiger partial charge < -0.3 is 19.7 Å². The zero-order valence-corrected chi connectivity index (χ0v) is 17.8. The number of alkyl halides is 2. The number of amides is 1. The molecule has 2 aromatic rings. The molecule has 3 aliphatic rings. The van der Waals surface area contributed by atoms with E-state index in [-0.39, 0.29) is 17.9 Å². The van der Waals surface area contributed by atoms with E-state index >= 15 is 0 Å². The van der Waals surface area contributed by atoms with Gasteiger partial charge in [-0.15, -0.1) is 0 Å². The van der Waals surface area contributed by atoms with E-state index in [1.54, 1.807) is 0 Å². The van der Waals surface area contributed by atoms with Crippen molar-refractivity contribution in [2.45, 2.75) is 50.6 Å². The summed E-state index contributed by atoms with van der Waals surface area (Å²) in [5, 5.41) is 7.22. The Morgan fingerprint density at radius 1 is 1.19 bits per heavy atom. The zero-order chi connectivity index (χ0) is 22.1. The summed E-state index contributed by atoms with van der Waals surface area (Å²) >= 11 is 0. The Bertz CT molecular complexity index is 961. The van der Waals surface area contributed by atoms with Gasteiger partial charge in [0.2, 0.25) is 11.9 Å². The van der Waals surface area contributed by atoms with E-state index in [1.807, 2.05) is 23.1 Å². The van der Waals surface area contributed by atoms with Gasteiger partial charge in [-0.05, 0) is 42.9 Å². The van der Waals surface area contributed by atoms with Crippen LogP contribution >= 0.6 is 0 Å². The van der Waals surface area contributed by atoms with Crippen LogP contribution in [0.2, 0.25) is 0 Å². The van der Waals surface area contributed by atoms with E-state index in [0.29, 0.717) is 50.8 Å². The van der Waals surface area contributed by atoms with Crippen LogP contribution in [0.1, 0.15) is 37.3 Å². The summed E-state index contributed by atoms with van der Waals surface area (Å²) in [6, 6.07) is 4.60. The number of halogens is 2. The first-order valence-electron chi connectivity index (χ1n) is 11.2. The van der Waals surface area contributed by atoms with E-state index in [1.165, 1.54) is 11.0 Å². The molecule has 1 N–H and O–H groups in total. The lowest BCUT2D eigenvalue weighted by molar-refractivity contribution is -0.131. The fraction of sp³-hybridized carbons (Fsp3) is 0.591. The molecule has 8 nitrogen and oxygen atoms in total. The molecule has 5 rings (SSSR count). The number of carbonyl (C=O) groups excluding carboxylic acids is 1. The van der Waals surface area contributed by atoms with Crippen LogP contribution in [-0.2, 0) is 11.2 Å². The number of nitrogens with zero attached hydrogens (tertiary/aromatic N) is 4. The largest absolute Gasteiger partial charge is 0.490 e. The predicted octanol–water partition coefficient (Wildman–Crippen LogP) is 2.91. The Morgan fingerprint density at radius 3 is 2.75 bits per heavy atom. The Labute approximate surface area is 184 Å². The average molecular weight is 447 g/mol. The normalized spacial score (nSPS) is 23.4. The van der Waals surface area contributed by atoms with Crippen molar-refractivity contribution >= 4 is 11.9 Å². The number of benzene rings is 1. The van der Waals surface area contributed by atoms with E-state index in [0.717, 1.165) is 30.6 Å². The number of hydrogen-bond donors (Lipinski definition) is 1. The summed E-state index contributed by atoms with van der Waals surface area (Å²) in [7, 11) is 0. The molecule has 1 amide bonds. The molecule has 172 valence electrons. The topological polar surface area (TPSA) is 81.5 Å². The molecular weight excluding hydrogens is 420 g/mol. The van der Waals surface area contributed by atoms with Crippen molar-refractivity contribution < 1.29 is 23.0 Å². The lowest BCUT2D eigenvalue weighted by Gasteiger charge is -2.40. The number of fused-ring (bicyclic) bond motifs is 2. The fourth-order valence-electron chi connectivity index (χ4n) is 4.86. The van der Waals surface area contributed by atoms with Gasteiger partial charge in [-0.1, -0.05) is 6.07 Å². The van der Waals surface area contributed by atoms with Gasteiger partial charge in [-0.25, -0.2) is 13.5 Å². The summed E-state index contributed by atoms with van der Waals surface area (Å²) in [5.74, 6) is 2.09. The van der Waals surface area contributed by atoms with E-state index in [4.69, 9.17) is 9.47 Å². The van der Waals surface area contributed by atoms with Crippen molar-refractivity contribution in [1.29, 1.82) is 0 Å². The predicted molar refractivity (Wildman–Crippen MR) is 112 cm³/mol. The smallest absolute Gasteiger partial charge is 0.260 e. The van der Waals surface area contributed by atoms with Crippen LogP contribution in [0.15, 0.2) is 24.5 Å². The maximum absolute atomic E-state index is 13.5. The number of ether oxygens (including phenoxy) is 2. The van der Waals surface area contributed by atoms with Gasteiger partial charge in [0.05, 0.1) is 19.6 Å². The number of nitrogens with one attached hydrogen (secondary N) is 1. The zero-order valence-electron chi connectivity index (χ0n) is 17.8. The van der Waals surface area contributed by atoms with Crippen LogP contribution < -0.4 is 14.8 Å². The van der Waals surface area contributed by atoms with Crippen LogP contribution in [0, 0.1) is 5.92 Å². The lowest BCUT2D eigenvalue weighted by atomic mass is 9.85. The van der Waals surface area contributed by atoms with Crippen molar-refractivity contribution in [3.63, 3.8) is 0 Å². The molecule has 1 fully saturated rings. The molecule has 4 heterocycles. The standard InChI is InChI=1S/C22H27F2N5O3/c23-21(24)17-12-16(27-22-25-13-26-29(17)22)15-4-6-28(7-5-15)20(30)11-14-2-3-18-19(10-14)32-9-1-8-31-18/h2-3,10,13,15-17,21H,1,4-9,11-12H2,(H,25,26,27)/t16-,17+/m0/s1. The van der Waals surface area contributed by atoms with Gasteiger partial charge in [-0.3, -0.25) is 4.79 Å². The van der Waals surface area contributed by atoms with E-state index in [2.05, 4.69) is 15.4 Å². The van der Waals surface area contributed by atoms with Gasteiger partial charge in [0.25, 0.3) is 6.43 Å². The molecule has 0 unspecified atom stereocenters. The second kappa shape index (κ2) is 8.91. The average Bonchev–Trinajstić information content (AvgIpc) is 3.16. The summed E-state index contributed by atoms with van der Waals surface area (Å²) < 4.78 is 39.7. The molecule has 0 radical (unpaired) electrons. The fourth-order valence-corrected chi connectivity index (χ4v) is 4.86. The van der Waals surface area contributed by atoms with E-state index in [9.17, 15) is 13.6 Å². The van der Waals surface area contributed by atoms with Gasteiger partial charge in [0.15, 0.2) is 11.5 Å². The first-order valence-corrected chi connectivity index (χ1v) is 11.2. The Hall–Kier alpha value is -2.91. The Kier molecular flexibility index (Phi) is 5.84. The van der Waals surface area contributed by atoms with Crippen molar-refractivity contribution in [2.24, 2.45) is 5.92 Å².